The zero-order chi connectivity index (χ0) is 20.1. The topological polar surface area (TPSA) is 97.8 Å². The lowest BCUT2D eigenvalue weighted by atomic mass is 10.1. The summed E-state index contributed by atoms with van der Waals surface area (Å²) in [6.45, 7) is 5.09. The van der Waals surface area contributed by atoms with E-state index in [0.717, 1.165) is 36.3 Å². The summed E-state index contributed by atoms with van der Waals surface area (Å²) < 4.78 is 11.5. The molecule has 7 heteroatoms. The van der Waals surface area contributed by atoms with E-state index in [1.54, 1.807) is 6.92 Å². The van der Waals surface area contributed by atoms with Crippen molar-refractivity contribution in [1.29, 1.82) is 0 Å². The molecule has 2 heterocycles. The van der Waals surface area contributed by atoms with Gasteiger partial charge in [-0.1, -0.05) is 12.1 Å². The summed E-state index contributed by atoms with van der Waals surface area (Å²) in [7, 11) is 0. The Hall–Kier alpha value is -2.93. The van der Waals surface area contributed by atoms with Crippen molar-refractivity contribution in [2.45, 2.75) is 39.3 Å². The van der Waals surface area contributed by atoms with Gasteiger partial charge in [0.2, 0.25) is 0 Å². The van der Waals surface area contributed by atoms with E-state index in [2.05, 4.69) is 10.3 Å². The predicted molar refractivity (Wildman–Crippen MR) is 103 cm³/mol. The van der Waals surface area contributed by atoms with E-state index in [1.165, 1.54) is 12.1 Å². The molecule has 0 aliphatic carbocycles. The molecule has 0 saturated carbocycles. The molecular formula is C21H24N2O5. The van der Waals surface area contributed by atoms with Gasteiger partial charge in [0, 0.05) is 18.7 Å². The van der Waals surface area contributed by atoms with E-state index in [1.807, 2.05) is 25.1 Å². The summed E-state index contributed by atoms with van der Waals surface area (Å²) in [6, 6.07) is 8.63. The number of pyridine rings is 1. The number of carboxylic acids is 1. The molecule has 1 aromatic carbocycles. The number of amides is 1. The second-order valence-corrected chi connectivity index (χ2v) is 6.87. The van der Waals surface area contributed by atoms with Crippen LogP contribution in [-0.4, -0.2) is 41.3 Å². The summed E-state index contributed by atoms with van der Waals surface area (Å²) in [5.74, 6) is -0.712. The van der Waals surface area contributed by atoms with Crippen LogP contribution in [0.2, 0.25) is 0 Å². The number of nitrogens with one attached hydrogen (secondary N) is 1. The van der Waals surface area contributed by atoms with Crippen molar-refractivity contribution < 1.29 is 24.2 Å². The molecule has 1 amide bonds. The van der Waals surface area contributed by atoms with Crippen LogP contribution >= 0.6 is 0 Å². The Morgan fingerprint density at radius 1 is 1.29 bits per heavy atom. The van der Waals surface area contributed by atoms with Crippen LogP contribution in [0.15, 0.2) is 30.3 Å². The third kappa shape index (κ3) is 4.86. The number of carbonyl (C=O) groups excluding carboxylic acids is 1. The van der Waals surface area contributed by atoms with Gasteiger partial charge in [0.05, 0.1) is 17.4 Å². The van der Waals surface area contributed by atoms with Crippen LogP contribution in [0.3, 0.4) is 0 Å². The van der Waals surface area contributed by atoms with Crippen LogP contribution in [0.5, 0.6) is 5.75 Å². The number of carboxylic acid groups (broad SMARTS) is 1. The number of aryl methyl sites for hydroxylation is 2. The number of hydrogen-bond donors (Lipinski definition) is 2. The molecule has 7 nitrogen and oxygen atoms in total. The molecule has 1 aliphatic rings. The highest BCUT2D eigenvalue weighted by Gasteiger charge is 2.17. The highest BCUT2D eigenvalue weighted by atomic mass is 16.5. The molecule has 0 spiro atoms. The van der Waals surface area contributed by atoms with Crippen molar-refractivity contribution in [2.24, 2.45) is 0 Å². The maximum absolute atomic E-state index is 12.4. The molecule has 2 N–H and O–H groups in total. The van der Waals surface area contributed by atoms with Crippen molar-refractivity contribution in [2.75, 3.05) is 13.2 Å². The van der Waals surface area contributed by atoms with Crippen LogP contribution in [0, 0.1) is 13.8 Å². The Bertz CT molecular complexity index is 875. The van der Waals surface area contributed by atoms with Crippen molar-refractivity contribution in [3.8, 4) is 5.75 Å². The van der Waals surface area contributed by atoms with Gasteiger partial charge in [-0.3, -0.25) is 4.79 Å². The van der Waals surface area contributed by atoms with Gasteiger partial charge in [-0.2, -0.15) is 0 Å². The molecule has 3 rings (SSSR count). The minimum atomic E-state index is -1.07. The summed E-state index contributed by atoms with van der Waals surface area (Å²) >= 11 is 0. The average molecular weight is 384 g/mol. The maximum atomic E-state index is 12.4. The van der Waals surface area contributed by atoms with E-state index in [-0.39, 0.29) is 29.8 Å². The number of hydrogen-bond acceptors (Lipinski definition) is 5. The van der Waals surface area contributed by atoms with Gasteiger partial charge >= 0.3 is 5.97 Å². The highest BCUT2D eigenvalue weighted by molar-refractivity contribution is 5.94. The molecule has 1 aromatic heterocycles. The summed E-state index contributed by atoms with van der Waals surface area (Å²) in [5.41, 5.74) is 2.49. The lowest BCUT2D eigenvalue weighted by molar-refractivity contribution is 0.0675. The molecule has 1 aliphatic heterocycles. The molecule has 1 saturated heterocycles. The van der Waals surface area contributed by atoms with Gasteiger partial charge in [0.25, 0.3) is 5.91 Å². The normalized spacial score (nSPS) is 16.0. The Morgan fingerprint density at radius 3 is 2.79 bits per heavy atom. The van der Waals surface area contributed by atoms with E-state index >= 15 is 0 Å². The monoisotopic (exact) mass is 384 g/mol. The number of rotatable bonds is 7. The van der Waals surface area contributed by atoms with Crippen LogP contribution in [0.25, 0.3) is 0 Å². The maximum Gasteiger partial charge on any atom is 0.337 e. The van der Waals surface area contributed by atoms with Gasteiger partial charge in [-0.15, -0.1) is 0 Å². The lowest BCUT2D eigenvalue weighted by Gasteiger charge is -2.16. The minimum absolute atomic E-state index is 0.0832. The van der Waals surface area contributed by atoms with Crippen molar-refractivity contribution >= 4 is 11.9 Å². The molecule has 1 fully saturated rings. The molecular weight excluding hydrogens is 360 g/mol. The van der Waals surface area contributed by atoms with Crippen molar-refractivity contribution in [3.05, 3.63) is 58.4 Å². The molecule has 0 radical (unpaired) electrons. The fraction of sp³-hybridized carbons (Fsp3) is 0.381. The number of carbonyl (C=O) groups is 2. The first-order chi connectivity index (χ1) is 13.4. The standard InChI is InChI=1S/C21H24N2O5/c1-13-5-6-15(19(10-13)28-12-16-4-3-9-27-16)11-22-20(24)18-8-7-17(21(25)26)14(2)23-18/h5-8,10,16H,3-4,9,11-12H2,1-2H3,(H,22,24)(H,25,26). The first-order valence-corrected chi connectivity index (χ1v) is 9.27. The first-order valence-electron chi connectivity index (χ1n) is 9.27. The number of nitrogens with zero attached hydrogens (tertiary/aromatic N) is 1. The highest BCUT2D eigenvalue weighted by Crippen LogP contribution is 2.22. The summed E-state index contributed by atoms with van der Waals surface area (Å²) in [5, 5.41) is 11.9. The van der Waals surface area contributed by atoms with Gasteiger partial charge in [-0.05, 0) is 50.5 Å². The molecule has 1 atom stereocenters. The van der Waals surface area contributed by atoms with Gasteiger partial charge < -0.3 is 19.9 Å². The molecule has 28 heavy (non-hydrogen) atoms. The van der Waals surface area contributed by atoms with Crippen LogP contribution in [0.1, 0.15) is 50.5 Å². The smallest absolute Gasteiger partial charge is 0.337 e. The fourth-order valence-electron chi connectivity index (χ4n) is 3.08. The Balaban J connectivity index is 1.65. The molecule has 148 valence electrons. The average Bonchev–Trinajstić information content (AvgIpc) is 3.18. The van der Waals surface area contributed by atoms with E-state index in [0.29, 0.717) is 12.3 Å². The SMILES string of the molecule is Cc1ccc(CNC(=O)c2ccc(C(=O)O)c(C)n2)c(OCC2CCCO2)c1. The number of aromatic carboxylic acids is 1. The van der Waals surface area contributed by atoms with E-state index < -0.39 is 5.97 Å². The number of benzene rings is 1. The predicted octanol–water partition coefficient (Wildman–Crippen LogP) is 2.88. The zero-order valence-corrected chi connectivity index (χ0v) is 16.0. The minimum Gasteiger partial charge on any atom is -0.491 e. The van der Waals surface area contributed by atoms with Crippen LogP contribution in [-0.2, 0) is 11.3 Å². The number of aromatic nitrogens is 1. The van der Waals surface area contributed by atoms with Gasteiger partial charge in [0.1, 0.15) is 18.1 Å². The summed E-state index contributed by atoms with van der Waals surface area (Å²) in [6.07, 6.45) is 2.16. The quantitative estimate of drug-likeness (QED) is 0.762. The third-order valence-corrected chi connectivity index (χ3v) is 4.66. The van der Waals surface area contributed by atoms with Crippen molar-refractivity contribution in [1.82, 2.24) is 10.3 Å². The van der Waals surface area contributed by atoms with Crippen molar-refractivity contribution in [3.63, 3.8) is 0 Å². The molecule has 0 bridgehead atoms. The number of ether oxygens (including phenoxy) is 2. The van der Waals surface area contributed by atoms with Gasteiger partial charge in [0.15, 0.2) is 0 Å². The largest absolute Gasteiger partial charge is 0.491 e. The molecule has 2 aromatic rings. The second kappa shape index (κ2) is 8.84. The Labute approximate surface area is 163 Å². The lowest BCUT2D eigenvalue weighted by Crippen LogP contribution is -2.25. The second-order valence-electron chi connectivity index (χ2n) is 6.87. The van der Waals surface area contributed by atoms with Crippen LogP contribution in [0.4, 0.5) is 0 Å². The first kappa shape index (κ1) is 19.8. The summed E-state index contributed by atoms with van der Waals surface area (Å²) in [4.78, 5) is 27.6. The van der Waals surface area contributed by atoms with Crippen LogP contribution < -0.4 is 10.1 Å². The zero-order valence-electron chi connectivity index (χ0n) is 16.0. The van der Waals surface area contributed by atoms with Gasteiger partial charge in [-0.25, -0.2) is 9.78 Å². The third-order valence-electron chi connectivity index (χ3n) is 4.66. The van der Waals surface area contributed by atoms with E-state index in [4.69, 9.17) is 14.6 Å². The molecule has 1 unspecified atom stereocenters. The Morgan fingerprint density at radius 2 is 2.11 bits per heavy atom. The Kier molecular flexibility index (Phi) is 6.26. The fourth-order valence-corrected chi connectivity index (χ4v) is 3.08. The van der Waals surface area contributed by atoms with E-state index in [9.17, 15) is 9.59 Å².